The normalized spacial score (nSPS) is 13.0. The van der Waals surface area contributed by atoms with Crippen molar-refractivity contribution in [2.45, 2.75) is 46.2 Å². The molecule has 1 aromatic rings. The topological polar surface area (TPSA) is 87.3 Å². The Balaban J connectivity index is 2.78. The van der Waals surface area contributed by atoms with Gasteiger partial charge in [-0.3, -0.25) is 14.4 Å². The first-order valence-electron chi connectivity index (χ1n) is 8.18. The summed E-state index contributed by atoms with van der Waals surface area (Å²) in [4.78, 5) is 35.7. The molecule has 0 heterocycles. The Hall–Kier alpha value is -2.37. The van der Waals surface area contributed by atoms with Gasteiger partial charge in [0.15, 0.2) is 0 Å². The van der Waals surface area contributed by atoms with Crippen molar-refractivity contribution in [3.8, 4) is 0 Å². The average Bonchev–Trinajstić information content (AvgIpc) is 2.52. The van der Waals surface area contributed by atoms with Gasteiger partial charge in [-0.2, -0.15) is 0 Å². The van der Waals surface area contributed by atoms with E-state index in [4.69, 9.17) is 0 Å². The van der Waals surface area contributed by atoms with E-state index in [0.29, 0.717) is 18.9 Å². The lowest BCUT2D eigenvalue weighted by Crippen LogP contribution is -2.53. The minimum absolute atomic E-state index is 0.226. The van der Waals surface area contributed by atoms with E-state index < -0.39 is 12.1 Å². The second-order valence-corrected chi connectivity index (χ2v) is 6.31. The fourth-order valence-electron chi connectivity index (χ4n) is 2.15. The monoisotopic (exact) mass is 333 g/mol. The summed E-state index contributed by atoms with van der Waals surface area (Å²) in [6, 6.07) is 8.11. The highest BCUT2D eigenvalue weighted by Gasteiger charge is 2.24. The predicted octanol–water partition coefficient (Wildman–Crippen LogP) is 1.01. The van der Waals surface area contributed by atoms with Crippen LogP contribution in [0.3, 0.4) is 0 Å². The van der Waals surface area contributed by atoms with Gasteiger partial charge >= 0.3 is 0 Å². The van der Waals surface area contributed by atoms with Gasteiger partial charge in [0.25, 0.3) is 0 Å². The van der Waals surface area contributed by atoms with E-state index in [2.05, 4.69) is 16.0 Å². The Bertz CT molecular complexity index is 558. The van der Waals surface area contributed by atoms with Gasteiger partial charge in [0, 0.05) is 19.9 Å². The molecule has 0 aliphatic carbocycles. The molecule has 0 radical (unpaired) electrons. The van der Waals surface area contributed by atoms with E-state index in [1.807, 2.05) is 44.2 Å². The summed E-state index contributed by atoms with van der Waals surface area (Å²) < 4.78 is 0. The van der Waals surface area contributed by atoms with Crippen LogP contribution in [0.1, 0.15) is 33.3 Å². The summed E-state index contributed by atoms with van der Waals surface area (Å²) in [6.07, 6.45) is 0.392. The first kappa shape index (κ1) is 19.7. The standard InChI is InChI=1S/C18H27N3O3/c1-12(2)11-19-18(24)16(10-15-8-6-5-7-9-15)21-17(23)13(3)20-14(4)22/h5-9,12-13,16H,10-11H2,1-4H3,(H,19,24)(H,20,22)(H,21,23)/t13-,16?/m0/s1. The smallest absolute Gasteiger partial charge is 0.242 e. The number of amides is 3. The van der Waals surface area contributed by atoms with Crippen molar-refractivity contribution in [3.05, 3.63) is 35.9 Å². The second-order valence-electron chi connectivity index (χ2n) is 6.31. The maximum absolute atomic E-state index is 12.4. The molecule has 0 aliphatic rings. The highest BCUT2D eigenvalue weighted by atomic mass is 16.2. The Kier molecular flexibility index (Phi) is 7.95. The van der Waals surface area contributed by atoms with Crippen molar-refractivity contribution >= 4 is 17.7 Å². The molecule has 0 spiro atoms. The van der Waals surface area contributed by atoms with Crippen LogP contribution < -0.4 is 16.0 Å². The van der Waals surface area contributed by atoms with Crippen molar-refractivity contribution in [3.63, 3.8) is 0 Å². The summed E-state index contributed by atoms with van der Waals surface area (Å²) >= 11 is 0. The molecule has 6 heteroatoms. The van der Waals surface area contributed by atoms with Crippen molar-refractivity contribution < 1.29 is 14.4 Å². The van der Waals surface area contributed by atoms with Gasteiger partial charge in [0.2, 0.25) is 17.7 Å². The Morgan fingerprint density at radius 1 is 0.958 bits per heavy atom. The van der Waals surface area contributed by atoms with Gasteiger partial charge in [-0.15, -0.1) is 0 Å². The molecule has 0 bridgehead atoms. The van der Waals surface area contributed by atoms with Crippen LogP contribution in [0.5, 0.6) is 0 Å². The lowest BCUT2D eigenvalue weighted by molar-refractivity contribution is -0.131. The SMILES string of the molecule is CC(=O)N[C@@H](C)C(=O)NC(Cc1ccccc1)C(=O)NCC(C)C. The fourth-order valence-corrected chi connectivity index (χ4v) is 2.15. The van der Waals surface area contributed by atoms with Crippen LogP contribution in [0.15, 0.2) is 30.3 Å². The molecule has 24 heavy (non-hydrogen) atoms. The number of benzene rings is 1. The van der Waals surface area contributed by atoms with E-state index in [1.165, 1.54) is 6.92 Å². The van der Waals surface area contributed by atoms with Crippen LogP contribution in [0.25, 0.3) is 0 Å². The number of nitrogens with one attached hydrogen (secondary N) is 3. The summed E-state index contributed by atoms with van der Waals surface area (Å²) in [5, 5.41) is 8.09. The Morgan fingerprint density at radius 3 is 2.12 bits per heavy atom. The molecule has 1 aromatic carbocycles. The van der Waals surface area contributed by atoms with E-state index >= 15 is 0 Å². The fraction of sp³-hybridized carbons (Fsp3) is 0.500. The maximum atomic E-state index is 12.4. The van der Waals surface area contributed by atoms with Gasteiger partial charge in [-0.05, 0) is 18.4 Å². The highest BCUT2D eigenvalue weighted by Crippen LogP contribution is 2.04. The summed E-state index contributed by atoms with van der Waals surface area (Å²) in [7, 11) is 0. The van der Waals surface area contributed by atoms with Gasteiger partial charge in [-0.25, -0.2) is 0 Å². The number of carbonyl (C=O) groups is 3. The maximum Gasteiger partial charge on any atom is 0.242 e. The van der Waals surface area contributed by atoms with Crippen molar-refractivity contribution in [1.29, 1.82) is 0 Å². The van der Waals surface area contributed by atoms with Crippen LogP contribution in [0, 0.1) is 5.92 Å². The Morgan fingerprint density at radius 2 is 1.58 bits per heavy atom. The first-order chi connectivity index (χ1) is 11.3. The third-order valence-corrected chi connectivity index (χ3v) is 3.41. The molecule has 3 N–H and O–H groups in total. The van der Waals surface area contributed by atoms with E-state index in [0.717, 1.165) is 5.56 Å². The quantitative estimate of drug-likeness (QED) is 0.663. The van der Waals surface area contributed by atoms with E-state index in [9.17, 15) is 14.4 Å². The van der Waals surface area contributed by atoms with E-state index in [1.54, 1.807) is 6.92 Å². The molecule has 0 fully saturated rings. The third kappa shape index (κ3) is 7.26. The zero-order chi connectivity index (χ0) is 18.1. The average molecular weight is 333 g/mol. The molecule has 1 unspecified atom stereocenters. The zero-order valence-electron chi connectivity index (χ0n) is 14.8. The lowest BCUT2D eigenvalue weighted by Gasteiger charge is -2.21. The molecular formula is C18H27N3O3. The summed E-state index contributed by atoms with van der Waals surface area (Å²) in [5.41, 5.74) is 0.953. The number of rotatable bonds is 8. The lowest BCUT2D eigenvalue weighted by atomic mass is 10.0. The molecule has 132 valence electrons. The molecule has 0 aliphatic heterocycles. The van der Waals surface area contributed by atoms with Crippen LogP contribution in [-0.4, -0.2) is 36.3 Å². The van der Waals surface area contributed by atoms with Crippen LogP contribution in [0.2, 0.25) is 0 Å². The number of hydrogen-bond acceptors (Lipinski definition) is 3. The van der Waals surface area contributed by atoms with Gasteiger partial charge in [0.1, 0.15) is 12.1 Å². The molecule has 0 saturated heterocycles. The third-order valence-electron chi connectivity index (χ3n) is 3.41. The van der Waals surface area contributed by atoms with Crippen molar-refractivity contribution in [1.82, 2.24) is 16.0 Å². The molecule has 6 nitrogen and oxygen atoms in total. The van der Waals surface area contributed by atoms with Crippen molar-refractivity contribution in [2.75, 3.05) is 6.54 Å². The zero-order valence-corrected chi connectivity index (χ0v) is 14.8. The van der Waals surface area contributed by atoms with E-state index in [-0.39, 0.29) is 17.7 Å². The van der Waals surface area contributed by atoms with Crippen LogP contribution in [-0.2, 0) is 20.8 Å². The molecule has 1 rings (SSSR count). The molecule has 2 atom stereocenters. The molecule has 0 aromatic heterocycles. The summed E-state index contributed by atoms with van der Waals surface area (Å²) in [5.74, 6) is -0.580. The first-order valence-corrected chi connectivity index (χ1v) is 8.18. The highest BCUT2D eigenvalue weighted by molar-refractivity contribution is 5.91. The molecule has 0 saturated carbocycles. The van der Waals surface area contributed by atoms with Crippen LogP contribution >= 0.6 is 0 Å². The summed E-state index contributed by atoms with van der Waals surface area (Å²) in [6.45, 7) is 7.48. The Labute approximate surface area is 143 Å². The number of hydrogen-bond donors (Lipinski definition) is 3. The van der Waals surface area contributed by atoms with Gasteiger partial charge < -0.3 is 16.0 Å². The minimum atomic E-state index is -0.696. The minimum Gasteiger partial charge on any atom is -0.354 e. The molecular weight excluding hydrogens is 306 g/mol. The van der Waals surface area contributed by atoms with Gasteiger partial charge in [-0.1, -0.05) is 44.2 Å². The molecule has 3 amide bonds. The van der Waals surface area contributed by atoms with Crippen LogP contribution in [0.4, 0.5) is 0 Å². The largest absolute Gasteiger partial charge is 0.354 e. The second kappa shape index (κ2) is 9.70. The van der Waals surface area contributed by atoms with Gasteiger partial charge in [0.05, 0.1) is 0 Å². The number of carbonyl (C=O) groups excluding carboxylic acids is 3. The van der Waals surface area contributed by atoms with Crippen molar-refractivity contribution in [2.24, 2.45) is 5.92 Å². The predicted molar refractivity (Wildman–Crippen MR) is 93.2 cm³/mol.